The summed E-state index contributed by atoms with van der Waals surface area (Å²) in [6.45, 7) is 20.4. The minimum atomic E-state index is -1.31. The number of aromatic nitrogens is 4. The highest BCUT2D eigenvalue weighted by molar-refractivity contribution is 5.65. The second-order valence-corrected chi connectivity index (χ2v) is 21.2. The van der Waals surface area contributed by atoms with Crippen LogP contribution in [0.5, 0.6) is 0 Å². The molecule has 0 amide bonds. The Kier molecular flexibility index (Phi) is 20.5. The van der Waals surface area contributed by atoms with Crippen molar-refractivity contribution in [3.63, 3.8) is 0 Å². The van der Waals surface area contributed by atoms with Crippen LogP contribution >= 0.6 is 0 Å². The van der Waals surface area contributed by atoms with E-state index in [1.807, 2.05) is 90.2 Å². The van der Waals surface area contributed by atoms with Gasteiger partial charge >= 0.3 is 0 Å². The fraction of sp³-hybridized carbons (Fsp3) is 0.247. The summed E-state index contributed by atoms with van der Waals surface area (Å²) in [5.74, 6) is 0. The monoisotopic (exact) mass is 1100 g/mol. The molecule has 5 heterocycles. The summed E-state index contributed by atoms with van der Waals surface area (Å²) < 4.78 is 39.5. The van der Waals surface area contributed by atoms with Crippen molar-refractivity contribution in [3.05, 3.63) is 287 Å². The normalized spacial score (nSPS) is 13.3. The molecule has 0 radical (unpaired) electrons. The summed E-state index contributed by atoms with van der Waals surface area (Å²) in [5.41, 5.74) is 22.7. The van der Waals surface area contributed by atoms with E-state index in [0.717, 1.165) is 29.8 Å². The van der Waals surface area contributed by atoms with Crippen LogP contribution in [0.2, 0.25) is 0 Å². The van der Waals surface area contributed by atoms with Crippen molar-refractivity contribution in [2.24, 2.45) is 28.2 Å². The van der Waals surface area contributed by atoms with E-state index in [1.165, 1.54) is 78.4 Å². The molecule has 6 nitrogen and oxygen atoms in total. The van der Waals surface area contributed by atoms with Crippen molar-refractivity contribution in [1.29, 1.82) is 0 Å². The Balaban J connectivity index is 0.000000156. The average Bonchev–Trinajstić information content (AvgIpc) is 2.97. The van der Waals surface area contributed by atoms with Gasteiger partial charge in [-0.1, -0.05) is 137 Å². The zero-order chi connectivity index (χ0) is 63.0. The first-order chi connectivity index (χ1) is 41.5. The molecule has 0 saturated heterocycles. The lowest BCUT2D eigenvalue weighted by molar-refractivity contribution is -0.660. The van der Waals surface area contributed by atoms with Crippen molar-refractivity contribution in [3.8, 4) is 45.0 Å². The molecular formula is C77H90N6+4. The number of para-hydroxylation sites is 2. The van der Waals surface area contributed by atoms with E-state index in [1.54, 1.807) is 13.8 Å². The van der Waals surface area contributed by atoms with Gasteiger partial charge in [0.1, 0.15) is 34.4 Å². The Morgan fingerprint density at radius 3 is 1.17 bits per heavy atom. The molecule has 1 unspecified atom stereocenters. The van der Waals surface area contributed by atoms with E-state index < -0.39 is 12.7 Å². The van der Waals surface area contributed by atoms with Crippen LogP contribution in [-0.2, 0) is 53.8 Å². The smallest absolute Gasteiger partial charge is 0.212 e. The first-order valence-electron chi connectivity index (χ1n) is 31.1. The number of pyridine rings is 4. The molecule has 83 heavy (non-hydrogen) atoms. The van der Waals surface area contributed by atoms with Crippen molar-refractivity contribution in [2.75, 3.05) is 9.80 Å². The van der Waals surface area contributed by atoms with Crippen LogP contribution in [-0.4, -0.2) is 6.17 Å². The zero-order valence-electron chi connectivity index (χ0n) is 55.7. The zero-order valence-corrected chi connectivity index (χ0v) is 51.7. The summed E-state index contributed by atoms with van der Waals surface area (Å²) in [5, 5.41) is 0. The molecule has 0 aliphatic carbocycles. The Bertz CT molecular complexity index is 3920. The highest BCUT2D eigenvalue weighted by atomic mass is 15.4. The van der Waals surface area contributed by atoms with E-state index in [0.29, 0.717) is 17.3 Å². The fourth-order valence-corrected chi connectivity index (χ4v) is 10.3. The van der Waals surface area contributed by atoms with Gasteiger partial charge in [0.25, 0.3) is 0 Å². The van der Waals surface area contributed by atoms with Gasteiger partial charge in [0.2, 0.25) is 22.8 Å². The maximum atomic E-state index is 7.81. The van der Waals surface area contributed by atoms with Crippen molar-refractivity contribution >= 4 is 11.4 Å². The largest absolute Gasteiger partial charge is 0.326 e. The Hall–Kier alpha value is -8.74. The van der Waals surface area contributed by atoms with Crippen LogP contribution in [0.15, 0.2) is 237 Å². The van der Waals surface area contributed by atoms with Gasteiger partial charge in [0.05, 0.1) is 0 Å². The lowest BCUT2D eigenvalue weighted by Crippen LogP contribution is -2.36. The first kappa shape index (κ1) is 56.1. The SMILES string of the molecule is CCc1cc[n+](C)c(-c2ccccc2C)c1.CCc1ccc(-c2ccccc2C)[n+](C)c1.Cc1ccccc1N1C=CN(c2ccccc2)C1C.[2H]C([2H])(C)c1cc[n+](C)c(-c2ccccc2C)c1.[2H]C([2H])(C)c1ccc(-c2ccccc2C)[n+](C)c1. The minimum absolute atomic E-state index is 0.295. The Labute approximate surface area is 504 Å². The summed E-state index contributed by atoms with van der Waals surface area (Å²) in [6.07, 6.45) is 12.3. The molecule has 1 aliphatic rings. The summed E-state index contributed by atoms with van der Waals surface area (Å²) in [4.78, 5) is 4.59. The molecule has 10 aromatic rings. The number of hydrogen-bond donors (Lipinski definition) is 0. The first-order valence-corrected chi connectivity index (χ1v) is 29.1. The van der Waals surface area contributed by atoms with E-state index in [2.05, 4.69) is 259 Å². The van der Waals surface area contributed by atoms with Gasteiger partial charge in [-0.05, 0) is 161 Å². The molecule has 1 aliphatic heterocycles. The molecule has 4 aromatic heterocycles. The number of rotatable bonds is 10. The van der Waals surface area contributed by atoms with E-state index >= 15 is 0 Å². The molecule has 1 atom stereocenters. The third-order valence-electron chi connectivity index (χ3n) is 15.4. The van der Waals surface area contributed by atoms with Gasteiger partial charge in [-0.3, -0.25) is 0 Å². The molecule has 6 heteroatoms. The number of hydrogen-bond acceptors (Lipinski definition) is 2. The molecule has 0 N–H and O–H groups in total. The highest BCUT2D eigenvalue weighted by Crippen LogP contribution is 2.31. The maximum absolute atomic E-state index is 7.81. The Morgan fingerprint density at radius 1 is 0.361 bits per heavy atom. The van der Waals surface area contributed by atoms with Crippen molar-refractivity contribution in [1.82, 2.24) is 0 Å². The molecule has 0 spiro atoms. The molecule has 6 aromatic carbocycles. The Morgan fingerprint density at radius 2 is 0.735 bits per heavy atom. The summed E-state index contributed by atoms with van der Waals surface area (Å²) >= 11 is 0. The van der Waals surface area contributed by atoms with Crippen LogP contribution in [0.25, 0.3) is 45.0 Å². The lowest BCUT2D eigenvalue weighted by Gasteiger charge is -2.30. The summed E-state index contributed by atoms with van der Waals surface area (Å²) in [6, 6.07) is 68.9. The highest BCUT2D eigenvalue weighted by Gasteiger charge is 2.25. The third kappa shape index (κ3) is 16.3. The standard InChI is InChI=1S/C17H18N2.4C15H18N/c1-14-8-6-7-11-17(14)19-13-12-18(15(19)2)16-9-4-3-5-10-16;2*1-4-13-9-10-16(3)15(11-13)14-8-6-5-7-12(14)2;2*1-4-13-9-10-15(16(3)11-13)14-8-6-5-7-12(14)2/h3-13,15H,1-2H3;4*5-11H,4H2,1-3H3/q;4*+1/i;4D2;;4D2;. The van der Waals surface area contributed by atoms with Crippen LogP contribution in [0.3, 0.4) is 0 Å². The van der Waals surface area contributed by atoms with Gasteiger partial charge < -0.3 is 9.80 Å². The van der Waals surface area contributed by atoms with E-state index in [4.69, 9.17) is 5.48 Å². The predicted octanol–water partition coefficient (Wildman–Crippen LogP) is 16.3. The van der Waals surface area contributed by atoms with Gasteiger partial charge in [0.15, 0.2) is 24.8 Å². The van der Waals surface area contributed by atoms with Gasteiger partial charge in [0, 0.05) is 99.0 Å². The number of nitrogens with zero attached hydrogens (tertiary/aromatic N) is 6. The lowest BCUT2D eigenvalue weighted by atomic mass is 10.0. The number of aryl methyl sites for hydroxylation is 13. The topological polar surface area (TPSA) is 22.0 Å². The number of benzene rings is 6. The van der Waals surface area contributed by atoms with Crippen LogP contribution < -0.4 is 28.1 Å². The van der Waals surface area contributed by atoms with Gasteiger partial charge in [-0.25, -0.2) is 18.3 Å². The molecule has 11 rings (SSSR count). The third-order valence-corrected chi connectivity index (χ3v) is 15.4. The molecular weight excluding hydrogens is 1010 g/mol. The van der Waals surface area contributed by atoms with Gasteiger partial charge in [-0.15, -0.1) is 0 Å². The van der Waals surface area contributed by atoms with Crippen LogP contribution in [0.4, 0.5) is 11.4 Å². The second-order valence-electron chi connectivity index (χ2n) is 21.2. The van der Waals surface area contributed by atoms with Crippen LogP contribution in [0.1, 0.15) is 90.2 Å². The average molecular weight is 1100 g/mol. The fourth-order valence-electron chi connectivity index (χ4n) is 10.3. The van der Waals surface area contributed by atoms with Crippen LogP contribution in [0, 0.1) is 34.6 Å². The number of anilines is 2. The summed E-state index contributed by atoms with van der Waals surface area (Å²) in [7, 11) is 8.15. The van der Waals surface area contributed by atoms with Crippen molar-refractivity contribution < 1.29 is 23.8 Å². The molecule has 0 fully saturated rings. The van der Waals surface area contributed by atoms with Gasteiger partial charge in [-0.2, -0.15) is 0 Å². The van der Waals surface area contributed by atoms with E-state index in [-0.39, 0.29) is 0 Å². The predicted molar refractivity (Wildman–Crippen MR) is 350 cm³/mol. The van der Waals surface area contributed by atoms with E-state index in [9.17, 15) is 0 Å². The second kappa shape index (κ2) is 30.4. The maximum Gasteiger partial charge on any atom is 0.212 e. The quantitative estimate of drug-likeness (QED) is 0.127. The minimum Gasteiger partial charge on any atom is -0.326 e. The molecule has 424 valence electrons. The van der Waals surface area contributed by atoms with Crippen molar-refractivity contribution in [2.45, 2.75) is 101 Å². The molecule has 0 saturated carbocycles. The molecule has 0 bridgehead atoms.